The average Bonchev–Trinajstić information content (AvgIpc) is 2.93. The van der Waals surface area contributed by atoms with E-state index < -0.39 is 12.0 Å². The number of carbonyl (C=O) groups is 2. The number of amides is 1. The summed E-state index contributed by atoms with van der Waals surface area (Å²) in [4.78, 5) is 26.1. The normalized spacial score (nSPS) is 23.7. The lowest BCUT2D eigenvalue weighted by Gasteiger charge is -2.39. The van der Waals surface area contributed by atoms with Gasteiger partial charge in [-0.1, -0.05) is 44.0 Å². The second-order valence-electron chi connectivity index (χ2n) is 6.53. The molecule has 3 rings (SSSR count). The minimum Gasteiger partial charge on any atom is -0.480 e. The molecule has 112 valence electrons. The van der Waals surface area contributed by atoms with E-state index in [-0.39, 0.29) is 11.3 Å². The van der Waals surface area contributed by atoms with Gasteiger partial charge in [0, 0.05) is 18.4 Å². The maximum atomic E-state index is 12.9. The molecule has 1 N–H and O–H groups in total. The molecule has 1 unspecified atom stereocenters. The van der Waals surface area contributed by atoms with Crippen molar-refractivity contribution in [3.63, 3.8) is 0 Å². The van der Waals surface area contributed by atoms with Gasteiger partial charge in [0.1, 0.15) is 6.04 Å². The average molecular weight is 287 g/mol. The highest BCUT2D eigenvalue weighted by Crippen LogP contribution is 2.40. The van der Waals surface area contributed by atoms with E-state index in [0.717, 1.165) is 36.8 Å². The summed E-state index contributed by atoms with van der Waals surface area (Å²) in [5, 5.41) is 9.52. The molecule has 1 atom stereocenters. The quantitative estimate of drug-likeness (QED) is 0.909. The van der Waals surface area contributed by atoms with Gasteiger partial charge < -0.3 is 10.0 Å². The molecule has 1 aromatic carbocycles. The van der Waals surface area contributed by atoms with Gasteiger partial charge >= 0.3 is 5.97 Å². The molecule has 1 saturated carbocycles. The third-order valence-corrected chi connectivity index (χ3v) is 5.02. The molecule has 4 heteroatoms. The number of carboxylic acid groups (broad SMARTS) is 1. The lowest BCUT2D eigenvalue weighted by atomic mass is 9.84. The molecule has 2 aliphatic rings. The van der Waals surface area contributed by atoms with Crippen molar-refractivity contribution < 1.29 is 14.7 Å². The maximum absolute atomic E-state index is 12.9. The summed E-state index contributed by atoms with van der Waals surface area (Å²) in [6.07, 6.45) is 4.27. The Hall–Kier alpha value is -1.84. The highest BCUT2D eigenvalue weighted by Gasteiger charge is 2.44. The predicted octanol–water partition coefficient (Wildman–Crippen LogP) is 2.60. The second kappa shape index (κ2) is 5.17. The first-order chi connectivity index (χ1) is 10.0. The van der Waals surface area contributed by atoms with Gasteiger partial charge in [0.05, 0.1) is 0 Å². The number of aliphatic carboxylic acids is 1. The molecular weight excluding hydrogens is 266 g/mol. The molecule has 0 spiro atoms. The molecule has 1 aromatic rings. The standard InChI is InChI=1S/C17H21NO3/c1-17(8-4-5-9-17)16(21)18-11-13-7-3-2-6-12(13)10-14(18)15(19)20/h2-3,6-7,14H,4-5,8-11H2,1H3,(H,19,20). The van der Waals surface area contributed by atoms with Crippen molar-refractivity contribution in [3.8, 4) is 0 Å². The molecule has 21 heavy (non-hydrogen) atoms. The van der Waals surface area contributed by atoms with Crippen molar-refractivity contribution in [1.82, 2.24) is 4.90 Å². The van der Waals surface area contributed by atoms with E-state index in [1.165, 1.54) is 0 Å². The Kier molecular flexibility index (Phi) is 3.47. The number of hydrogen-bond donors (Lipinski definition) is 1. The van der Waals surface area contributed by atoms with Crippen LogP contribution in [0.1, 0.15) is 43.7 Å². The van der Waals surface area contributed by atoms with Crippen LogP contribution in [0.5, 0.6) is 0 Å². The van der Waals surface area contributed by atoms with Gasteiger partial charge in [-0.15, -0.1) is 0 Å². The fourth-order valence-electron chi connectivity index (χ4n) is 3.67. The third kappa shape index (κ3) is 2.43. The van der Waals surface area contributed by atoms with E-state index >= 15 is 0 Å². The first-order valence-corrected chi connectivity index (χ1v) is 7.62. The number of carboxylic acids is 1. The van der Waals surface area contributed by atoms with Crippen LogP contribution in [0.25, 0.3) is 0 Å². The highest BCUT2D eigenvalue weighted by molar-refractivity contribution is 5.88. The topological polar surface area (TPSA) is 57.6 Å². The Morgan fingerprint density at radius 1 is 1.19 bits per heavy atom. The summed E-state index contributed by atoms with van der Waals surface area (Å²) in [5.41, 5.74) is 1.75. The van der Waals surface area contributed by atoms with Crippen LogP contribution < -0.4 is 0 Å². The zero-order chi connectivity index (χ0) is 15.0. The summed E-state index contributed by atoms with van der Waals surface area (Å²) in [7, 11) is 0. The molecule has 1 aliphatic carbocycles. The first-order valence-electron chi connectivity index (χ1n) is 7.62. The molecule has 0 bridgehead atoms. The highest BCUT2D eigenvalue weighted by atomic mass is 16.4. The lowest BCUT2D eigenvalue weighted by Crippen LogP contribution is -2.52. The van der Waals surface area contributed by atoms with Crippen molar-refractivity contribution in [2.75, 3.05) is 0 Å². The van der Waals surface area contributed by atoms with Crippen LogP contribution >= 0.6 is 0 Å². The zero-order valence-electron chi connectivity index (χ0n) is 12.3. The van der Waals surface area contributed by atoms with E-state index in [4.69, 9.17) is 0 Å². The molecule has 0 saturated heterocycles. The van der Waals surface area contributed by atoms with Gasteiger partial charge in [-0.05, 0) is 24.0 Å². The Bertz CT molecular complexity index is 575. The van der Waals surface area contributed by atoms with E-state index in [1.807, 2.05) is 31.2 Å². The maximum Gasteiger partial charge on any atom is 0.326 e. The SMILES string of the molecule is CC1(C(=O)N2Cc3ccccc3CC2C(=O)O)CCCC1. The predicted molar refractivity (Wildman–Crippen MR) is 78.7 cm³/mol. The van der Waals surface area contributed by atoms with E-state index in [1.54, 1.807) is 4.90 Å². The Morgan fingerprint density at radius 2 is 1.81 bits per heavy atom. The molecule has 1 amide bonds. The number of fused-ring (bicyclic) bond motifs is 1. The van der Waals surface area contributed by atoms with Crippen molar-refractivity contribution in [2.45, 2.75) is 51.6 Å². The smallest absolute Gasteiger partial charge is 0.326 e. The summed E-state index contributed by atoms with van der Waals surface area (Å²) in [6, 6.07) is 7.09. The number of carbonyl (C=O) groups excluding carboxylic acids is 1. The summed E-state index contributed by atoms with van der Waals surface area (Å²) >= 11 is 0. The molecule has 4 nitrogen and oxygen atoms in total. The third-order valence-electron chi connectivity index (χ3n) is 5.02. The monoisotopic (exact) mass is 287 g/mol. The zero-order valence-corrected chi connectivity index (χ0v) is 12.3. The van der Waals surface area contributed by atoms with Crippen LogP contribution in [0, 0.1) is 5.41 Å². The van der Waals surface area contributed by atoms with Crippen LogP contribution in [-0.2, 0) is 22.6 Å². The molecular formula is C17H21NO3. The summed E-state index contributed by atoms with van der Waals surface area (Å²) in [6.45, 7) is 2.41. The Labute approximate surface area is 124 Å². The minimum atomic E-state index is -0.903. The van der Waals surface area contributed by atoms with E-state index in [0.29, 0.717) is 13.0 Å². The number of nitrogens with zero attached hydrogens (tertiary/aromatic N) is 1. The van der Waals surface area contributed by atoms with E-state index in [2.05, 4.69) is 0 Å². The summed E-state index contributed by atoms with van der Waals surface area (Å²) < 4.78 is 0. The molecule has 0 radical (unpaired) electrons. The fraction of sp³-hybridized carbons (Fsp3) is 0.529. The van der Waals surface area contributed by atoms with Crippen molar-refractivity contribution >= 4 is 11.9 Å². The van der Waals surface area contributed by atoms with Gasteiger partial charge in [-0.25, -0.2) is 4.79 Å². The number of benzene rings is 1. The molecule has 1 aliphatic heterocycles. The molecule has 1 heterocycles. The van der Waals surface area contributed by atoms with Crippen LogP contribution in [0.3, 0.4) is 0 Å². The number of rotatable bonds is 2. The molecule has 1 fully saturated rings. The van der Waals surface area contributed by atoms with Crippen molar-refractivity contribution in [3.05, 3.63) is 35.4 Å². The van der Waals surface area contributed by atoms with Crippen LogP contribution in [0.4, 0.5) is 0 Å². The van der Waals surface area contributed by atoms with Gasteiger partial charge in [-0.3, -0.25) is 4.79 Å². The van der Waals surface area contributed by atoms with Crippen LogP contribution in [-0.4, -0.2) is 27.9 Å². The Morgan fingerprint density at radius 3 is 2.43 bits per heavy atom. The van der Waals surface area contributed by atoms with Crippen LogP contribution in [0.2, 0.25) is 0 Å². The fourth-order valence-corrected chi connectivity index (χ4v) is 3.67. The van der Waals surface area contributed by atoms with Crippen molar-refractivity contribution in [2.24, 2.45) is 5.41 Å². The van der Waals surface area contributed by atoms with Crippen LogP contribution in [0.15, 0.2) is 24.3 Å². The van der Waals surface area contributed by atoms with Gasteiger partial charge in [-0.2, -0.15) is 0 Å². The largest absolute Gasteiger partial charge is 0.480 e. The number of hydrogen-bond acceptors (Lipinski definition) is 2. The van der Waals surface area contributed by atoms with Gasteiger partial charge in [0.15, 0.2) is 0 Å². The molecule has 0 aromatic heterocycles. The van der Waals surface area contributed by atoms with Crippen molar-refractivity contribution in [1.29, 1.82) is 0 Å². The first kappa shape index (κ1) is 14.1. The second-order valence-corrected chi connectivity index (χ2v) is 6.53. The van der Waals surface area contributed by atoms with Gasteiger partial charge in [0.2, 0.25) is 5.91 Å². The lowest BCUT2D eigenvalue weighted by molar-refractivity contribution is -0.156. The van der Waals surface area contributed by atoms with E-state index in [9.17, 15) is 14.7 Å². The Balaban J connectivity index is 1.92. The summed E-state index contributed by atoms with van der Waals surface area (Å²) in [5.74, 6) is -0.888. The minimum absolute atomic E-state index is 0.0157. The van der Waals surface area contributed by atoms with Gasteiger partial charge in [0.25, 0.3) is 0 Å².